The van der Waals surface area contributed by atoms with Crippen LogP contribution in [0.15, 0.2) is 12.1 Å². The molecule has 1 unspecified atom stereocenters. The van der Waals surface area contributed by atoms with E-state index in [1.54, 1.807) is 0 Å². The topological polar surface area (TPSA) is 54.0 Å². The maximum absolute atomic E-state index is 13.9. The Labute approximate surface area is 139 Å². The molecule has 140 valence electrons. The minimum absolute atomic E-state index is 0.122. The number of rotatable bonds is 4. The van der Waals surface area contributed by atoms with E-state index < -0.39 is 47.5 Å². The van der Waals surface area contributed by atoms with Crippen LogP contribution < -0.4 is 4.74 Å². The first kappa shape index (κ1) is 19.4. The average molecular weight is 370 g/mol. The summed E-state index contributed by atoms with van der Waals surface area (Å²) >= 11 is 0. The molecule has 0 aliphatic carbocycles. The number of benzene rings is 1. The first-order valence-corrected chi connectivity index (χ1v) is 7.16. The van der Waals surface area contributed by atoms with E-state index in [4.69, 9.17) is 18.9 Å². The molecule has 1 saturated heterocycles. The van der Waals surface area contributed by atoms with Crippen LogP contribution in [0.25, 0.3) is 0 Å². The van der Waals surface area contributed by atoms with Crippen molar-refractivity contribution in [2.75, 3.05) is 13.7 Å². The van der Waals surface area contributed by atoms with Gasteiger partial charge in [0, 0.05) is 5.56 Å². The third-order valence-corrected chi connectivity index (χ3v) is 3.60. The lowest BCUT2D eigenvalue weighted by Crippen LogP contribution is -2.44. The van der Waals surface area contributed by atoms with E-state index in [1.165, 1.54) is 6.92 Å². The van der Waals surface area contributed by atoms with Crippen molar-refractivity contribution in [3.05, 3.63) is 29.3 Å². The number of carbonyl (C=O) groups is 1. The highest BCUT2D eigenvalue weighted by molar-refractivity contribution is 5.76. The molecule has 1 fully saturated rings. The SMILES string of the molecule is CCOC(=O)[C@@H]1OC(C)(C(F)(F)F)O[C@H]1c1ccc(F)c(F)c1OC. The highest BCUT2D eigenvalue weighted by Gasteiger charge is 2.63. The van der Waals surface area contributed by atoms with Gasteiger partial charge >= 0.3 is 12.1 Å². The number of methoxy groups -OCH3 is 1. The van der Waals surface area contributed by atoms with Gasteiger partial charge in [0.05, 0.1) is 13.7 Å². The lowest BCUT2D eigenvalue weighted by atomic mass is 10.0. The van der Waals surface area contributed by atoms with Gasteiger partial charge in [0.15, 0.2) is 17.7 Å². The summed E-state index contributed by atoms with van der Waals surface area (Å²) < 4.78 is 86.0. The summed E-state index contributed by atoms with van der Waals surface area (Å²) in [6.45, 7) is 1.90. The summed E-state index contributed by atoms with van der Waals surface area (Å²) in [7, 11) is 0.999. The van der Waals surface area contributed by atoms with Gasteiger partial charge in [0.2, 0.25) is 5.82 Å². The molecule has 2 rings (SSSR count). The smallest absolute Gasteiger partial charge is 0.442 e. The highest BCUT2D eigenvalue weighted by atomic mass is 19.4. The van der Waals surface area contributed by atoms with Crippen LogP contribution in [0.4, 0.5) is 22.0 Å². The minimum Gasteiger partial charge on any atom is -0.493 e. The van der Waals surface area contributed by atoms with Gasteiger partial charge < -0.3 is 18.9 Å². The van der Waals surface area contributed by atoms with Crippen LogP contribution in [0, 0.1) is 11.6 Å². The summed E-state index contributed by atoms with van der Waals surface area (Å²) in [5.41, 5.74) is -0.313. The molecule has 1 aromatic rings. The quantitative estimate of drug-likeness (QED) is 0.602. The molecule has 1 aliphatic rings. The van der Waals surface area contributed by atoms with Crippen LogP contribution in [0.5, 0.6) is 5.75 Å². The molecule has 0 amide bonds. The van der Waals surface area contributed by atoms with Gasteiger partial charge in [-0.15, -0.1) is 0 Å². The van der Waals surface area contributed by atoms with Crippen molar-refractivity contribution < 1.29 is 45.7 Å². The Morgan fingerprint density at radius 3 is 2.44 bits per heavy atom. The standard InChI is InChI=1S/C15H15F5O5/c1-4-23-13(21)12-11(24-14(2,25-12)15(18,19)20)7-5-6-8(16)9(17)10(7)22-3/h5-6,11-12H,4H2,1-3H3/t11-,12+,14?/m0/s1. The van der Waals surface area contributed by atoms with Crippen LogP contribution in [-0.2, 0) is 19.0 Å². The Kier molecular flexibility index (Phi) is 5.24. The zero-order valence-electron chi connectivity index (χ0n) is 13.4. The van der Waals surface area contributed by atoms with Crippen LogP contribution in [0.3, 0.4) is 0 Å². The Morgan fingerprint density at radius 2 is 1.92 bits per heavy atom. The molecule has 0 radical (unpaired) electrons. The molecule has 0 aromatic heterocycles. The van der Waals surface area contributed by atoms with E-state index >= 15 is 0 Å². The van der Waals surface area contributed by atoms with E-state index in [1.807, 2.05) is 0 Å². The summed E-state index contributed by atoms with van der Waals surface area (Å²) in [4.78, 5) is 12.0. The lowest BCUT2D eigenvalue weighted by molar-refractivity contribution is -0.342. The molecular weight excluding hydrogens is 355 g/mol. The second-order valence-electron chi connectivity index (χ2n) is 5.26. The molecule has 1 heterocycles. The summed E-state index contributed by atoms with van der Waals surface area (Å²) in [5.74, 6) is -7.65. The number of hydrogen-bond donors (Lipinski definition) is 0. The summed E-state index contributed by atoms with van der Waals surface area (Å²) in [6, 6.07) is 1.64. The van der Waals surface area contributed by atoms with Crippen LogP contribution in [0.1, 0.15) is 25.5 Å². The number of carbonyl (C=O) groups excluding carboxylic acids is 1. The Morgan fingerprint density at radius 1 is 1.28 bits per heavy atom. The van der Waals surface area contributed by atoms with Crippen LogP contribution in [0.2, 0.25) is 0 Å². The number of hydrogen-bond acceptors (Lipinski definition) is 5. The molecule has 3 atom stereocenters. The van der Waals surface area contributed by atoms with Crippen molar-refractivity contribution in [1.82, 2.24) is 0 Å². The summed E-state index contributed by atoms with van der Waals surface area (Å²) in [5, 5.41) is 0. The second-order valence-corrected chi connectivity index (χ2v) is 5.26. The predicted octanol–water partition coefficient (Wildman–Crippen LogP) is 3.27. The van der Waals surface area contributed by atoms with E-state index in [-0.39, 0.29) is 12.2 Å². The molecule has 0 bridgehead atoms. The van der Waals surface area contributed by atoms with E-state index in [0.29, 0.717) is 13.0 Å². The number of halogens is 5. The van der Waals surface area contributed by atoms with E-state index in [9.17, 15) is 26.7 Å². The minimum atomic E-state index is -4.99. The highest BCUT2D eigenvalue weighted by Crippen LogP contribution is 2.49. The maximum atomic E-state index is 13.9. The molecule has 0 spiro atoms. The number of esters is 1. The molecule has 0 N–H and O–H groups in total. The van der Waals surface area contributed by atoms with Gasteiger partial charge in [0.25, 0.3) is 5.79 Å². The van der Waals surface area contributed by atoms with Gasteiger partial charge in [-0.25, -0.2) is 9.18 Å². The molecule has 0 saturated carbocycles. The largest absolute Gasteiger partial charge is 0.493 e. The van der Waals surface area contributed by atoms with Crippen molar-refractivity contribution >= 4 is 5.97 Å². The first-order valence-electron chi connectivity index (χ1n) is 7.16. The lowest BCUT2D eigenvalue weighted by Gasteiger charge is -2.25. The molecule has 1 aromatic carbocycles. The second kappa shape index (κ2) is 6.75. The Hall–Kier alpha value is -1.94. The fourth-order valence-corrected chi connectivity index (χ4v) is 2.37. The normalized spacial score (nSPS) is 26.6. The monoisotopic (exact) mass is 370 g/mol. The van der Waals surface area contributed by atoms with Gasteiger partial charge in [-0.3, -0.25) is 0 Å². The molecule has 1 aliphatic heterocycles. The third kappa shape index (κ3) is 3.40. The fourth-order valence-electron chi connectivity index (χ4n) is 2.37. The molecule has 10 heteroatoms. The van der Waals surface area contributed by atoms with Crippen molar-refractivity contribution in [2.24, 2.45) is 0 Å². The van der Waals surface area contributed by atoms with Crippen LogP contribution >= 0.6 is 0 Å². The van der Waals surface area contributed by atoms with Crippen molar-refractivity contribution in [1.29, 1.82) is 0 Å². The van der Waals surface area contributed by atoms with E-state index in [0.717, 1.165) is 13.2 Å². The Balaban J connectivity index is 2.53. The van der Waals surface area contributed by atoms with Gasteiger partial charge in [-0.1, -0.05) is 0 Å². The van der Waals surface area contributed by atoms with Crippen molar-refractivity contribution in [3.8, 4) is 5.75 Å². The Bertz CT molecular complexity index is 662. The van der Waals surface area contributed by atoms with Gasteiger partial charge in [-0.2, -0.15) is 17.6 Å². The zero-order valence-corrected chi connectivity index (χ0v) is 13.4. The zero-order chi connectivity index (χ0) is 19.0. The predicted molar refractivity (Wildman–Crippen MR) is 72.7 cm³/mol. The number of ether oxygens (including phenoxy) is 4. The fraction of sp³-hybridized carbons (Fsp3) is 0.533. The average Bonchev–Trinajstić information content (AvgIpc) is 2.89. The number of alkyl halides is 3. The molecule has 25 heavy (non-hydrogen) atoms. The molecule has 5 nitrogen and oxygen atoms in total. The van der Waals surface area contributed by atoms with Gasteiger partial charge in [0.1, 0.15) is 6.10 Å². The van der Waals surface area contributed by atoms with E-state index in [2.05, 4.69) is 0 Å². The third-order valence-electron chi connectivity index (χ3n) is 3.60. The maximum Gasteiger partial charge on any atom is 0.442 e. The van der Waals surface area contributed by atoms with Gasteiger partial charge in [-0.05, 0) is 26.0 Å². The van der Waals surface area contributed by atoms with Crippen molar-refractivity contribution in [3.63, 3.8) is 0 Å². The van der Waals surface area contributed by atoms with Crippen LogP contribution in [-0.4, -0.2) is 37.8 Å². The first-order chi connectivity index (χ1) is 11.6. The molecular formula is C15H15F5O5. The summed E-state index contributed by atoms with van der Waals surface area (Å²) in [6.07, 6.45) is -8.54. The van der Waals surface area contributed by atoms with Crippen molar-refractivity contribution in [2.45, 2.75) is 38.0 Å².